The molecule has 0 unspecified atom stereocenters. The fourth-order valence-electron chi connectivity index (χ4n) is 4.26. The van der Waals surface area contributed by atoms with Crippen molar-refractivity contribution in [1.82, 2.24) is 0 Å². The van der Waals surface area contributed by atoms with Gasteiger partial charge in [0.1, 0.15) is 11.3 Å². The summed E-state index contributed by atoms with van der Waals surface area (Å²) in [6.45, 7) is 4.17. The van der Waals surface area contributed by atoms with E-state index in [9.17, 15) is 0 Å². The van der Waals surface area contributed by atoms with Gasteiger partial charge in [-0.05, 0) is 36.1 Å². The first-order valence-corrected chi connectivity index (χ1v) is 11.1. The van der Waals surface area contributed by atoms with Crippen LogP contribution in [0.15, 0.2) is 108 Å². The molecule has 1 nitrogen and oxygen atoms in total. The van der Waals surface area contributed by atoms with Crippen molar-refractivity contribution in [3.8, 4) is 22.3 Å². The second-order valence-electron chi connectivity index (χ2n) is 8.23. The van der Waals surface area contributed by atoms with Gasteiger partial charge in [0.2, 0.25) is 0 Å². The highest BCUT2D eigenvalue weighted by molar-refractivity contribution is 5.98. The van der Waals surface area contributed by atoms with Gasteiger partial charge in [0.15, 0.2) is 0 Å². The molecule has 1 heterocycles. The van der Waals surface area contributed by atoms with Crippen LogP contribution in [0.2, 0.25) is 0 Å². The smallest absolute Gasteiger partial charge is 0.142 e. The van der Waals surface area contributed by atoms with Gasteiger partial charge in [-0.1, -0.05) is 115 Å². The van der Waals surface area contributed by atoms with Crippen molar-refractivity contribution >= 4 is 17.0 Å². The first-order valence-electron chi connectivity index (χ1n) is 11.1. The molecule has 0 amide bonds. The summed E-state index contributed by atoms with van der Waals surface area (Å²) in [6, 6.07) is 34.4. The Balaban J connectivity index is 1.52. The van der Waals surface area contributed by atoms with E-state index in [0.717, 1.165) is 28.7 Å². The van der Waals surface area contributed by atoms with Crippen molar-refractivity contribution in [1.29, 1.82) is 0 Å². The first-order chi connectivity index (χ1) is 15.7. The zero-order valence-corrected chi connectivity index (χ0v) is 18.5. The number of fused-ring (bicyclic) bond motifs is 1. The molecule has 0 saturated heterocycles. The van der Waals surface area contributed by atoms with Crippen LogP contribution in [0.1, 0.15) is 29.4 Å². The number of hydrogen-bond acceptors (Lipinski definition) is 1. The normalized spacial score (nSPS) is 11.4. The molecule has 0 spiro atoms. The Morgan fingerprint density at radius 2 is 1.38 bits per heavy atom. The van der Waals surface area contributed by atoms with Crippen LogP contribution < -0.4 is 0 Å². The topological polar surface area (TPSA) is 13.1 Å². The maximum Gasteiger partial charge on any atom is 0.142 e. The fourth-order valence-corrected chi connectivity index (χ4v) is 4.26. The lowest BCUT2D eigenvalue weighted by atomic mass is 9.99. The third-order valence-corrected chi connectivity index (χ3v) is 5.95. The standard InChI is InChI=1S/C31H26O/c1-3-8-28-29-12-7-11-27(26-9-5-4-6-10-26)31(29)32-30(28)21-23-15-19-25(20-16-23)24-17-13-22(2)14-18-24/h3-20H,21H2,1-2H3/b8-3-. The van der Waals surface area contributed by atoms with Crippen LogP contribution >= 0.6 is 0 Å². The van der Waals surface area contributed by atoms with Crippen LogP contribution in [-0.4, -0.2) is 0 Å². The van der Waals surface area contributed by atoms with Gasteiger partial charge in [-0.25, -0.2) is 0 Å². The van der Waals surface area contributed by atoms with E-state index in [1.54, 1.807) is 0 Å². The van der Waals surface area contributed by atoms with E-state index in [2.05, 4.69) is 117 Å². The molecule has 5 rings (SSSR count). The van der Waals surface area contributed by atoms with E-state index in [0.29, 0.717) is 0 Å². The van der Waals surface area contributed by atoms with Crippen LogP contribution in [0.25, 0.3) is 39.3 Å². The molecule has 0 atom stereocenters. The van der Waals surface area contributed by atoms with Crippen LogP contribution in [0.5, 0.6) is 0 Å². The van der Waals surface area contributed by atoms with Gasteiger partial charge in [-0.2, -0.15) is 0 Å². The van der Waals surface area contributed by atoms with Crippen molar-refractivity contribution in [2.45, 2.75) is 20.3 Å². The number of benzene rings is 4. The molecular formula is C31H26O. The van der Waals surface area contributed by atoms with Crippen LogP contribution in [0.4, 0.5) is 0 Å². The highest BCUT2D eigenvalue weighted by Crippen LogP contribution is 2.36. The van der Waals surface area contributed by atoms with E-state index in [1.807, 2.05) is 6.07 Å². The van der Waals surface area contributed by atoms with Gasteiger partial charge < -0.3 is 4.42 Å². The van der Waals surface area contributed by atoms with Gasteiger partial charge >= 0.3 is 0 Å². The summed E-state index contributed by atoms with van der Waals surface area (Å²) >= 11 is 0. The van der Waals surface area contributed by atoms with Gasteiger partial charge in [0.25, 0.3) is 0 Å². The largest absolute Gasteiger partial charge is 0.459 e. The maximum atomic E-state index is 6.52. The Kier molecular flexibility index (Phi) is 5.47. The summed E-state index contributed by atoms with van der Waals surface area (Å²) < 4.78 is 6.52. The third kappa shape index (κ3) is 3.90. The molecule has 1 aromatic heterocycles. The lowest BCUT2D eigenvalue weighted by Crippen LogP contribution is -1.89. The number of hydrogen-bond donors (Lipinski definition) is 0. The lowest BCUT2D eigenvalue weighted by Gasteiger charge is -2.05. The second-order valence-corrected chi connectivity index (χ2v) is 8.23. The Bertz CT molecular complexity index is 1370. The predicted octanol–water partition coefficient (Wildman–Crippen LogP) is 8.70. The summed E-state index contributed by atoms with van der Waals surface area (Å²) in [5.74, 6) is 1.00. The van der Waals surface area contributed by atoms with E-state index in [4.69, 9.17) is 4.42 Å². The highest BCUT2D eigenvalue weighted by atomic mass is 16.3. The van der Waals surface area contributed by atoms with Crippen LogP contribution in [-0.2, 0) is 6.42 Å². The fraction of sp³-hybridized carbons (Fsp3) is 0.0968. The summed E-state index contributed by atoms with van der Waals surface area (Å²) in [5, 5.41) is 1.16. The second kappa shape index (κ2) is 8.72. The van der Waals surface area contributed by atoms with Crippen LogP contribution in [0, 0.1) is 6.92 Å². The van der Waals surface area contributed by atoms with Crippen molar-refractivity contribution < 1.29 is 4.42 Å². The van der Waals surface area contributed by atoms with Gasteiger partial charge in [0, 0.05) is 22.9 Å². The minimum absolute atomic E-state index is 0.761. The average Bonchev–Trinajstić information content (AvgIpc) is 3.18. The van der Waals surface area contributed by atoms with Gasteiger partial charge in [0.05, 0.1) is 0 Å². The molecule has 0 radical (unpaired) electrons. The van der Waals surface area contributed by atoms with E-state index >= 15 is 0 Å². The average molecular weight is 415 g/mol. The molecule has 5 aromatic rings. The van der Waals surface area contributed by atoms with Gasteiger partial charge in [-0.3, -0.25) is 0 Å². The summed E-state index contributed by atoms with van der Waals surface area (Å²) in [5.41, 5.74) is 9.43. The number of aryl methyl sites for hydroxylation is 1. The van der Waals surface area contributed by atoms with Crippen molar-refractivity contribution in [2.24, 2.45) is 0 Å². The zero-order valence-electron chi connectivity index (χ0n) is 18.5. The summed E-state index contributed by atoms with van der Waals surface area (Å²) in [4.78, 5) is 0. The zero-order chi connectivity index (χ0) is 21.9. The number of rotatable bonds is 5. The van der Waals surface area contributed by atoms with E-state index in [1.165, 1.54) is 33.4 Å². The Morgan fingerprint density at radius 1 is 0.688 bits per heavy atom. The molecule has 0 aliphatic carbocycles. The quantitative estimate of drug-likeness (QED) is 0.280. The third-order valence-electron chi connectivity index (χ3n) is 5.95. The molecule has 0 saturated carbocycles. The number of allylic oxidation sites excluding steroid dienone is 1. The molecule has 0 aliphatic rings. The van der Waals surface area contributed by atoms with Crippen molar-refractivity contribution in [3.63, 3.8) is 0 Å². The molecule has 0 bridgehead atoms. The van der Waals surface area contributed by atoms with E-state index in [-0.39, 0.29) is 0 Å². The van der Waals surface area contributed by atoms with Gasteiger partial charge in [-0.15, -0.1) is 0 Å². The molecule has 4 aromatic carbocycles. The van der Waals surface area contributed by atoms with Crippen molar-refractivity contribution in [3.05, 3.63) is 126 Å². The highest BCUT2D eigenvalue weighted by Gasteiger charge is 2.16. The Labute approximate surface area is 189 Å². The lowest BCUT2D eigenvalue weighted by molar-refractivity contribution is 0.562. The molecule has 0 fully saturated rings. The van der Waals surface area contributed by atoms with Crippen LogP contribution in [0.3, 0.4) is 0 Å². The molecule has 0 aliphatic heterocycles. The first kappa shape index (κ1) is 20.1. The number of para-hydroxylation sites is 1. The monoisotopic (exact) mass is 414 g/mol. The minimum atomic E-state index is 0.761. The molecule has 32 heavy (non-hydrogen) atoms. The maximum absolute atomic E-state index is 6.52. The molecule has 1 heteroatoms. The van der Waals surface area contributed by atoms with Crippen molar-refractivity contribution in [2.75, 3.05) is 0 Å². The molecule has 0 N–H and O–H groups in total. The van der Waals surface area contributed by atoms with E-state index < -0.39 is 0 Å². The minimum Gasteiger partial charge on any atom is -0.459 e. The summed E-state index contributed by atoms with van der Waals surface area (Å²) in [6.07, 6.45) is 5.01. The number of furan rings is 1. The SMILES string of the molecule is C/C=C\c1c(Cc2ccc(-c3ccc(C)cc3)cc2)oc2c(-c3ccccc3)cccc12. The predicted molar refractivity (Wildman–Crippen MR) is 136 cm³/mol. The molecule has 156 valence electrons. The Hall–Kier alpha value is -3.84. The Morgan fingerprint density at radius 3 is 2.06 bits per heavy atom. The molecular weight excluding hydrogens is 388 g/mol. The summed E-state index contributed by atoms with van der Waals surface area (Å²) in [7, 11) is 0.